The fourth-order valence-corrected chi connectivity index (χ4v) is 18.6. The van der Waals surface area contributed by atoms with Gasteiger partial charge in [0.25, 0.3) is 23.6 Å². The molecule has 4 unspecified atom stereocenters. The van der Waals surface area contributed by atoms with E-state index in [2.05, 4.69) is 205 Å². The third-order valence-corrected chi connectivity index (χ3v) is 27.3. The number of aromatic hydroxyl groups is 1. The van der Waals surface area contributed by atoms with Crippen molar-refractivity contribution in [3.8, 4) is 28.5 Å². The van der Waals surface area contributed by atoms with Crippen LogP contribution in [0.3, 0.4) is 0 Å². The Morgan fingerprint density at radius 3 is 0.797 bits per heavy atom. The Kier molecular flexibility index (Phi) is 33.0. The molecule has 25 nitrogen and oxygen atoms in total. The van der Waals surface area contributed by atoms with Gasteiger partial charge < -0.3 is 70.6 Å². The van der Waals surface area contributed by atoms with Gasteiger partial charge in [-0.3, -0.25) is 19.2 Å². The molecule has 17 aromatic rings. The first-order valence-electron chi connectivity index (χ1n) is 51.4. The van der Waals surface area contributed by atoms with Crippen molar-refractivity contribution in [1.29, 1.82) is 0 Å². The fraction of sp³-hybridized carbons (Fsp3) is 0.252. The molecule has 4 aliphatic carbocycles. The van der Waals surface area contributed by atoms with Crippen LogP contribution >= 0.6 is 0 Å². The highest BCUT2D eigenvalue weighted by Crippen LogP contribution is 2.38. The lowest BCUT2D eigenvalue weighted by atomic mass is 9.95. The molecule has 4 heterocycles. The zero-order valence-electron chi connectivity index (χ0n) is 85.1. The first-order valence-corrected chi connectivity index (χ1v) is 51.4. The quantitative estimate of drug-likeness (QED) is 0.0173. The number of nitrogens with one attached hydrogen (secondary N) is 8. The lowest BCUT2D eigenvalue weighted by molar-refractivity contribution is 0.101. The molecule has 4 aromatic heterocycles. The van der Waals surface area contributed by atoms with E-state index in [1.54, 1.807) is 49.1 Å². The number of rotatable bonds is 36. The number of phenolic OH excluding ortho intramolecular Hbond substituents is 1. The summed E-state index contributed by atoms with van der Waals surface area (Å²) in [6, 6.07) is 108. The number of carbonyl (C=O) groups is 4. The third kappa shape index (κ3) is 27.0. The highest BCUT2D eigenvalue weighted by atomic mass is 16.3. The minimum absolute atomic E-state index is 0.0231. The molecular formula is C123H132N20O5. The van der Waals surface area contributed by atoms with E-state index in [1.165, 1.54) is 95.5 Å². The molecule has 754 valence electrons. The summed E-state index contributed by atoms with van der Waals surface area (Å²) in [5, 5.41) is 58.1. The molecule has 4 atom stereocenters. The first-order chi connectivity index (χ1) is 71.9. The van der Waals surface area contributed by atoms with Crippen molar-refractivity contribution in [2.75, 3.05) is 47.4 Å². The molecule has 0 aliphatic heterocycles. The highest BCUT2D eigenvalue weighted by Gasteiger charge is 2.31. The van der Waals surface area contributed by atoms with Gasteiger partial charge in [-0.15, -0.1) is 0 Å². The summed E-state index contributed by atoms with van der Waals surface area (Å²) in [7, 11) is 0. The number of amides is 4. The predicted molar refractivity (Wildman–Crippen MR) is 592 cm³/mol. The van der Waals surface area contributed by atoms with Gasteiger partial charge in [0.1, 0.15) is 28.5 Å². The monoisotopic (exact) mass is 1970 g/mol. The average Bonchev–Trinajstić information content (AvgIpc) is 1.61. The molecule has 148 heavy (non-hydrogen) atoms. The zero-order chi connectivity index (χ0) is 103. The van der Waals surface area contributed by atoms with Crippen molar-refractivity contribution in [3.63, 3.8) is 0 Å². The third-order valence-electron chi connectivity index (χ3n) is 27.3. The van der Waals surface area contributed by atoms with Gasteiger partial charge in [0.05, 0.1) is 69.7 Å². The number of aromatic nitrogens is 8. The van der Waals surface area contributed by atoms with Crippen molar-refractivity contribution < 1.29 is 24.3 Å². The number of benzene rings is 13. The number of anilines is 4. The van der Waals surface area contributed by atoms with E-state index in [9.17, 15) is 24.3 Å². The Morgan fingerprint density at radius 2 is 0.514 bits per heavy atom. The number of phenols is 1. The Morgan fingerprint density at radius 1 is 0.270 bits per heavy atom. The van der Waals surface area contributed by atoms with Crippen LogP contribution in [0.25, 0.3) is 33.5 Å². The Balaban J connectivity index is 0.000000129. The van der Waals surface area contributed by atoms with Gasteiger partial charge >= 0.3 is 0 Å². The van der Waals surface area contributed by atoms with Crippen LogP contribution in [0, 0.1) is 72.1 Å². The van der Waals surface area contributed by atoms with Gasteiger partial charge in [0.2, 0.25) is 0 Å². The van der Waals surface area contributed by atoms with Crippen molar-refractivity contribution in [1.82, 2.24) is 60.4 Å². The second-order valence-electron chi connectivity index (χ2n) is 39.8. The van der Waals surface area contributed by atoms with Crippen molar-refractivity contribution in [2.24, 2.45) is 46.6 Å². The summed E-state index contributed by atoms with van der Waals surface area (Å²) in [5.41, 5.74) is 51.1. The Bertz CT molecular complexity index is 7320. The molecule has 4 saturated carbocycles. The van der Waals surface area contributed by atoms with Crippen molar-refractivity contribution in [3.05, 3.63) is 457 Å². The number of fused-ring (bicyclic) bond motifs is 1. The van der Waals surface area contributed by atoms with E-state index >= 15 is 0 Å². The molecule has 0 bridgehead atoms. The number of carbonyl (C=O) groups excluding carboxylic acids is 4. The summed E-state index contributed by atoms with van der Waals surface area (Å²) < 4.78 is 6.70. The number of nitrogens with two attached hydrogens (primary N) is 4. The maximum atomic E-state index is 13.5. The van der Waals surface area contributed by atoms with Gasteiger partial charge in [0.15, 0.2) is 0 Å². The van der Waals surface area contributed by atoms with Gasteiger partial charge in [0, 0.05) is 48.9 Å². The molecule has 17 N–H and O–H groups in total. The van der Waals surface area contributed by atoms with Gasteiger partial charge in [-0.1, -0.05) is 205 Å². The number of hydrogen-bond donors (Lipinski definition) is 13. The summed E-state index contributed by atoms with van der Waals surface area (Å²) in [6.45, 7) is 19.4. The number of nitrogens with zero attached hydrogens (tertiary/aromatic N) is 8. The maximum absolute atomic E-state index is 13.5. The smallest absolute Gasteiger partial charge is 0.274 e. The lowest BCUT2D eigenvalue weighted by Crippen LogP contribution is -2.25. The molecule has 13 aromatic carbocycles. The SMILES string of the molecule is Cc1cc(C(=O)Nc2cccc(C(NCC3CC3)c3cccc(O)c3)c2)n(-c2cccc(CN)c2)n1.Cc1ccc(C(NCC2CC2)c2cccc(NC(=O)c3cc(C)nn3-c3cccc(CN)c3)c2)cc1.Cc1ccc(C(NCC2CC2)c2cccc(NC(=O)c3cc(C)nn3-c3cccc(CN)c3)c2)cc1.Cc1ccc2cc(C(NCC3CC3)c3cccc(NC(=O)c4cc(C)nn4-c4cccc(CN)c4)c3)ccc2c1. The van der Waals surface area contributed by atoms with E-state index in [0.717, 1.165) is 157 Å². The first kappa shape index (κ1) is 102. The van der Waals surface area contributed by atoms with E-state index in [0.29, 0.717) is 60.6 Å². The zero-order valence-corrected chi connectivity index (χ0v) is 85.1. The van der Waals surface area contributed by atoms with Gasteiger partial charge in [-0.25, -0.2) is 18.7 Å². The van der Waals surface area contributed by atoms with Crippen LogP contribution in [0.4, 0.5) is 22.7 Å². The van der Waals surface area contributed by atoms with Crippen LogP contribution in [0.15, 0.2) is 328 Å². The molecule has 0 spiro atoms. The normalized spacial score (nSPS) is 13.9. The van der Waals surface area contributed by atoms with Crippen molar-refractivity contribution >= 4 is 57.2 Å². The Labute approximate surface area is 865 Å². The van der Waals surface area contributed by atoms with Gasteiger partial charge in [-0.05, 0) is 367 Å². The molecule has 0 radical (unpaired) electrons. The largest absolute Gasteiger partial charge is 0.508 e. The number of hydrogen-bond acceptors (Lipinski definition) is 17. The topological polar surface area (TPSA) is 360 Å². The predicted octanol–water partition coefficient (Wildman–Crippen LogP) is 21.7. The molecule has 25 heteroatoms. The minimum atomic E-state index is -0.245. The van der Waals surface area contributed by atoms with Crippen LogP contribution < -0.4 is 65.5 Å². The van der Waals surface area contributed by atoms with Crippen LogP contribution in [0.5, 0.6) is 5.75 Å². The molecule has 4 fully saturated rings. The standard InChI is InChI=1S/C34H35N5O.2C30H33N5O.C29H31N5O2/c1-22-9-12-27-18-29(14-13-26(27)15-22)33(36-21-24-10-11-24)28-6-4-7-30(19-28)37-34(40)32-16-23(2)38-39(32)31-8-3-5-25(17-31)20-35;2*1-20-9-13-24(14-10-20)29(32-19-22-11-12-22)25-6-4-7-26(17-25)33-30(36)28-15-21(2)34-35(28)27-8-3-5-23(16-27)18-31;1-19-13-27(34(33-19)25-9-2-5-21(14-25)17-30)29(36)32-24-8-3-6-22(15-24)28(31-18-20-11-12-20)23-7-4-10-26(35)16-23/h3-9,12-19,24,33,36H,10-11,20-21,35H2,1-2H3,(H,37,40);2*3-10,13-17,22,29,32H,11-12,18-19,31H2,1-2H3,(H,33,36);2-10,13-16,20,28,31,35H,11-12,17-18,30H2,1H3,(H,32,36). The van der Waals surface area contributed by atoms with Crippen molar-refractivity contribution in [2.45, 2.75) is 150 Å². The molecule has 0 saturated heterocycles. The Hall–Kier alpha value is -15.7. The number of aryl methyl sites for hydroxylation is 7. The van der Waals surface area contributed by atoms with Crippen LogP contribution in [0.2, 0.25) is 0 Å². The van der Waals surface area contributed by atoms with E-state index < -0.39 is 0 Å². The van der Waals surface area contributed by atoms with E-state index in [-0.39, 0.29) is 53.5 Å². The van der Waals surface area contributed by atoms with Crippen LogP contribution in [-0.4, -0.2) is 94.0 Å². The molecular weight excluding hydrogens is 1840 g/mol. The lowest BCUT2D eigenvalue weighted by Gasteiger charge is -2.21. The average molecular weight is 1970 g/mol. The summed E-state index contributed by atoms with van der Waals surface area (Å²) in [6.07, 6.45) is 10.3. The van der Waals surface area contributed by atoms with E-state index in [1.807, 2.05) is 204 Å². The maximum Gasteiger partial charge on any atom is 0.274 e. The summed E-state index contributed by atoms with van der Waals surface area (Å²) >= 11 is 0. The molecule has 21 rings (SSSR count). The molecule has 4 amide bonds. The van der Waals surface area contributed by atoms with Gasteiger partial charge in [-0.2, -0.15) is 20.4 Å². The van der Waals surface area contributed by atoms with E-state index in [4.69, 9.17) is 22.9 Å². The van der Waals surface area contributed by atoms with Crippen LogP contribution in [0.1, 0.15) is 224 Å². The van der Waals surface area contributed by atoms with Crippen LogP contribution in [-0.2, 0) is 26.2 Å². The second kappa shape index (κ2) is 47.7. The minimum Gasteiger partial charge on any atom is -0.508 e. The molecule has 4 aliphatic rings. The summed E-state index contributed by atoms with van der Waals surface area (Å²) in [5.74, 6) is 2.35. The second-order valence-corrected chi connectivity index (χ2v) is 39.8. The summed E-state index contributed by atoms with van der Waals surface area (Å²) in [4.78, 5) is 53.6. The highest BCUT2D eigenvalue weighted by molar-refractivity contribution is 6.06. The fourth-order valence-electron chi connectivity index (χ4n) is 18.6.